The Hall–Kier alpha value is -4.28. The zero-order valence-corrected chi connectivity index (χ0v) is 29.9. The molecule has 49 heavy (non-hydrogen) atoms. The van der Waals surface area contributed by atoms with Crippen molar-refractivity contribution in [2.75, 3.05) is 13.7 Å². The van der Waals surface area contributed by atoms with Gasteiger partial charge in [0, 0.05) is 20.1 Å². The molecule has 0 saturated carbocycles. The number of amides is 3. The Morgan fingerprint density at radius 2 is 1.76 bits per heavy atom. The molecule has 3 N–H and O–H groups in total. The molecular weight excluding hydrogens is 620 g/mol. The van der Waals surface area contributed by atoms with Crippen LogP contribution in [0.2, 0.25) is 0 Å². The number of esters is 1. The molecule has 6 atom stereocenters. The highest BCUT2D eigenvalue weighted by molar-refractivity contribution is 5.93. The van der Waals surface area contributed by atoms with E-state index in [1.807, 2.05) is 69.3 Å². The Bertz CT molecular complexity index is 1460. The van der Waals surface area contributed by atoms with Crippen molar-refractivity contribution in [1.29, 1.82) is 0 Å². The third-order valence-corrected chi connectivity index (χ3v) is 8.96. The average Bonchev–Trinajstić information content (AvgIpc) is 3.09. The summed E-state index contributed by atoms with van der Waals surface area (Å²) in [6.07, 6.45) is 5.27. The lowest BCUT2D eigenvalue weighted by Gasteiger charge is -2.36. The number of rotatable bonds is 17. The normalized spacial score (nSPS) is 17.6. The topological polar surface area (TPSA) is 126 Å². The lowest BCUT2D eigenvalue weighted by molar-refractivity contribution is -0.157. The lowest BCUT2D eigenvalue weighted by atomic mass is 9.96. The maximum absolute atomic E-state index is 14.1. The van der Waals surface area contributed by atoms with Crippen LogP contribution in [0, 0.1) is 18.8 Å². The molecule has 0 aliphatic carbocycles. The van der Waals surface area contributed by atoms with E-state index in [9.17, 15) is 19.2 Å². The molecule has 10 nitrogen and oxygen atoms in total. The Morgan fingerprint density at radius 3 is 2.41 bits per heavy atom. The largest absolute Gasteiger partial charge is 0.457 e. The number of benzene rings is 2. The van der Waals surface area contributed by atoms with Crippen LogP contribution in [0.25, 0.3) is 6.08 Å². The summed E-state index contributed by atoms with van der Waals surface area (Å²) in [5.74, 6) is -2.40. The van der Waals surface area contributed by atoms with Crippen molar-refractivity contribution in [3.05, 3.63) is 90.0 Å². The van der Waals surface area contributed by atoms with Crippen molar-refractivity contribution >= 4 is 29.8 Å². The van der Waals surface area contributed by atoms with Crippen molar-refractivity contribution < 1.29 is 28.7 Å². The first-order chi connectivity index (χ1) is 23.4. The standard InChI is InChI=1S/C39H54N4O6/c1-9-11-20-34(48-8)27(6)36(44)41-35(25(3)4)37(45)40-33(24-30-17-12-15-26(5)22-30)38(46)43-21-14-19-32(42-43)39(47)49-28(7)31-18-13-16-29(10-2)23-31/h9-10,12-13,15-18,22-23,25,27-28,32-35,42H,1-2,11,14,19-21,24H2,3-8H3,(H,40,45)(H,41,44)/t27-,28-,32+,33+,34-,35+/m1/s1. The highest BCUT2D eigenvalue weighted by Crippen LogP contribution is 2.21. The van der Waals surface area contributed by atoms with E-state index >= 15 is 0 Å². The highest BCUT2D eigenvalue weighted by atomic mass is 16.5. The molecule has 1 aliphatic heterocycles. The summed E-state index contributed by atoms with van der Waals surface area (Å²) in [7, 11) is 1.56. The van der Waals surface area contributed by atoms with E-state index < -0.39 is 42.0 Å². The van der Waals surface area contributed by atoms with Gasteiger partial charge in [-0.15, -0.1) is 6.58 Å². The van der Waals surface area contributed by atoms with Gasteiger partial charge in [-0.25, -0.2) is 5.43 Å². The number of methoxy groups -OCH3 is 1. The molecule has 1 saturated heterocycles. The van der Waals surface area contributed by atoms with Gasteiger partial charge >= 0.3 is 5.97 Å². The second kappa shape index (κ2) is 19.0. The van der Waals surface area contributed by atoms with Crippen molar-refractivity contribution in [2.45, 2.75) is 97.1 Å². The maximum Gasteiger partial charge on any atom is 0.325 e. The third-order valence-electron chi connectivity index (χ3n) is 8.96. The second-order valence-corrected chi connectivity index (χ2v) is 13.2. The van der Waals surface area contributed by atoms with Gasteiger partial charge in [-0.05, 0) is 68.2 Å². The molecule has 2 aromatic rings. The van der Waals surface area contributed by atoms with Crippen molar-refractivity contribution in [3.63, 3.8) is 0 Å². The fourth-order valence-corrected chi connectivity index (χ4v) is 5.95. The molecule has 266 valence electrons. The number of carbonyl (C=O) groups excluding carboxylic acids is 4. The van der Waals surface area contributed by atoms with Gasteiger partial charge in [0.2, 0.25) is 11.8 Å². The van der Waals surface area contributed by atoms with Crippen LogP contribution in [0.4, 0.5) is 0 Å². The van der Waals surface area contributed by atoms with Crippen LogP contribution < -0.4 is 16.1 Å². The quantitative estimate of drug-likeness (QED) is 0.155. The summed E-state index contributed by atoms with van der Waals surface area (Å²) >= 11 is 0. The summed E-state index contributed by atoms with van der Waals surface area (Å²) in [4.78, 5) is 54.5. The zero-order chi connectivity index (χ0) is 36.1. The highest BCUT2D eigenvalue weighted by Gasteiger charge is 2.36. The molecular formula is C39H54N4O6. The molecule has 0 aromatic heterocycles. The van der Waals surface area contributed by atoms with Crippen LogP contribution in [0.15, 0.2) is 67.8 Å². The van der Waals surface area contributed by atoms with Crippen LogP contribution >= 0.6 is 0 Å². The van der Waals surface area contributed by atoms with Gasteiger partial charge in [-0.1, -0.05) is 87.5 Å². The molecule has 3 amide bonds. The Balaban J connectivity index is 1.77. The monoisotopic (exact) mass is 674 g/mol. The van der Waals surface area contributed by atoms with Crippen molar-refractivity contribution in [2.24, 2.45) is 11.8 Å². The first-order valence-corrected chi connectivity index (χ1v) is 17.2. The molecule has 0 spiro atoms. The summed E-state index contributed by atoms with van der Waals surface area (Å²) in [6.45, 7) is 17.1. The summed E-state index contributed by atoms with van der Waals surface area (Å²) in [5, 5.41) is 7.25. The number of hydrogen-bond donors (Lipinski definition) is 3. The third kappa shape index (κ3) is 11.4. The smallest absolute Gasteiger partial charge is 0.325 e. The SMILES string of the molecule is C=CCC[C@@H](OC)[C@@H](C)C(=O)N[C@H](C(=O)N[C@@H](Cc1cccc(C)c1)C(=O)N1CCC[C@@H](C(=O)O[C@H](C)c2cccc(C=C)c2)N1)C(C)C. The average molecular weight is 675 g/mol. The predicted molar refractivity (Wildman–Crippen MR) is 192 cm³/mol. The van der Waals surface area contributed by atoms with Crippen molar-refractivity contribution in [3.8, 4) is 0 Å². The number of aryl methyl sites for hydroxylation is 1. The van der Waals surface area contributed by atoms with Crippen LogP contribution in [0.5, 0.6) is 0 Å². The lowest BCUT2D eigenvalue weighted by Crippen LogP contribution is -2.62. The van der Waals surface area contributed by atoms with Crippen LogP contribution in [-0.4, -0.2) is 66.6 Å². The van der Waals surface area contributed by atoms with E-state index in [0.29, 0.717) is 32.2 Å². The summed E-state index contributed by atoms with van der Waals surface area (Å²) in [5.41, 5.74) is 6.72. The van der Waals surface area contributed by atoms with E-state index in [-0.39, 0.29) is 30.3 Å². The Morgan fingerprint density at radius 1 is 1.02 bits per heavy atom. The van der Waals surface area contributed by atoms with Gasteiger partial charge in [0.15, 0.2) is 0 Å². The van der Waals surface area contributed by atoms with E-state index in [1.165, 1.54) is 5.01 Å². The van der Waals surface area contributed by atoms with Gasteiger partial charge in [0.05, 0.1) is 12.0 Å². The van der Waals surface area contributed by atoms with Gasteiger partial charge in [0.1, 0.15) is 24.2 Å². The number of allylic oxidation sites excluding steroid dienone is 1. The minimum atomic E-state index is -0.966. The molecule has 10 heteroatoms. The van der Waals surface area contributed by atoms with Crippen LogP contribution in [0.1, 0.15) is 81.7 Å². The van der Waals surface area contributed by atoms with E-state index in [1.54, 1.807) is 33.1 Å². The molecule has 1 heterocycles. The van der Waals surface area contributed by atoms with Gasteiger partial charge in [0.25, 0.3) is 5.91 Å². The summed E-state index contributed by atoms with van der Waals surface area (Å²) < 4.78 is 11.4. The number of hydrazine groups is 1. The van der Waals surface area contributed by atoms with E-state index in [0.717, 1.165) is 22.3 Å². The van der Waals surface area contributed by atoms with Gasteiger partial charge in [-0.2, -0.15) is 0 Å². The predicted octanol–water partition coefficient (Wildman–Crippen LogP) is 5.22. The van der Waals surface area contributed by atoms with Crippen molar-refractivity contribution in [1.82, 2.24) is 21.1 Å². The Labute approximate surface area is 291 Å². The molecule has 0 unspecified atom stereocenters. The minimum absolute atomic E-state index is 0.221. The molecule has 0 radical (unpaired) electrons. The fraction of sp³-hybridized carbons (Fsp3) is 0.487. The molecule has 1 aliphatic rings. The second-order valence-electron chi connectivity index (χ2n) is 13.2. The number of ether oxygens (including phenoxy) is 2. The molecule has 2 aromatic carbocycles. The van der Waals surface area contributed by atoms with Crippen LogP contribution in [0.3, 0.4) is 0 Å². The first-order valence-electron chi connectivity index (χ1n) is 17.2. The number of carbonyl (C=O) groups is 4. The number of nitrogens with one attached hydrogen (secondary N) is 3. The van der Waals surface area contributed by atoms with Gasteiger partial charge in [-0.3, -0.25) is 24.2 Å². The molecule has 3 rings (SSSR count). The first kappa shape index (κ1) is 39.2. The van der Waals surface area contributed by atoms with Gasteiger partial charge < -0.3 is 20.1 Å². The van der Waals surface area contributed by atoms with E-state index in [2.05, 4.69) is 29.2 Å². The summed E-state index contributed by atoms with van der Waals surface area (Å²) in [6, 6.07) is 12.8. The van der Waals surface area contributed by atoms with E-state index in [4.69, 9.17) is 9.47 Å². The zero-order valence-electron chi connectivity index (χ0n) is 29.9. The number of hydrogen-bond acceptors (Lipinski definition) is 7. The minimum Gasteiger partial charge on any atom is -0.457 e. The van der Waals surface area contributed by atoms with Crippen LogP contribution in [-0.2, 0) is 35.1 Å². The maximum atomic E-state index is 14.1. The molecule has 1 fully saturated rings. The molecule has 0 bridgehead atoms. The Kier molecular flexibility index (Phi) is 15.2. The fourth-order valence-electron chi connectivity index (χ4n) is 5.95. The number of nitrogens with zero attached hydrogens (tertiary/aromatic N) is 1.